The van der Waals surface area contributed by atoms with Crippen molar-refractivity contribution in [1.29, 1.82) is 0 Å². The molecule has 1 aliphatic heterocycles. The van der Waals surface area contributed by atoms with Gasteiger partial charge in [-0.1, -0.05) is 36.4 Å². The predicted octanol–water partition coefficient (Wildman–Crippen LogP) is 4.17. The fourth-order valence-corrected chi connectivity index (χ4v) is 3.35. The Morgan fingerprint density at radius 1 is 1.14 bits per heavy atom. The second-order valence-electron chi connectivity index (χ2n) is 6.54. The van der Waals surface area contributed by atoms with Gasteiger partial charge < -0.3 is 4.74 Å². The topological polar surface area (TPSA) is 59.5 Å². The number of benzene rings is 2. The summed E-state index contributed by atoms with van der Waals surface area (Å²) in [5, 5.41) is 1.96. The number of aryl methyl sites for hydroxylation is 1. The van der Waals surface area contributed by atoms with Gasteiger partial charge in [0, 0.05) is 29.8 Å². The SMILES string of the molecule is O=C(CCc1cncc2ccccc12)N1CC(c2cccc(F)c2F)OC1=O. The maximum absolute atomic E-state index is 13.9. The lowest BCUT2D eigenvalue weighted by Gasteiger charge is -2.12. The van der Waals surface area contributed by atoms with Crippen LogP contribution in [0, 0.1) is 11.6 Å². The molecule has 7 heteroatoms. The van der Waals surface area contributed by atoms with Crippen molar-refractivity contribution >= 4 is 22.8 Å². The van der Waals surface area contributed by atoms with Crippen LogP contribution in [0.1, 0.15) is 23.7 Å². The monoisotopic (exact) mass is 382 g/mol. The van der Waals surface area contributed by atoms with E-state index in [0.29, 0.717) is 6.42 Å². The Hall–Kier alpha value is -3.35. The molecule has 1 unspecified atom stereocenters. The molecule has 1 saturated heterocycles. The minimum absolute atomic E-state index is 0.0726. The Morgan fingerprint density at radius 2 is 1.96 bits per heavy atom. The smallest absolute Gasteiger partial charge is 0.417 e. The molecular weight excluding hydrogens is 366 g/mol. The molecule has 0 bridgehead atoms. The Labute approximate surface area is 159 Å². The van der Waals surface area contributed by atoms with E-state index in [1.807, 2.05) is 24.3 Å². The lowest BCUT2D eigenvalue weighted by atomic mass is 10.0. The van der Waals surface area contributed by atoms with E-state index in [1.54, 1.807) is 12.4 Å². The van der Waals surface area contributed by atoms with E-state index in [-0.39, 0.29) is 18.5 Å². The van der Waals surface area contributed by atoms with Crippen LogP contribution >= 0.6 is 0 Å². The number of halogens is 2. The Bertz CT molecular complexity index is 1070. The standard InChI is InChI=1S/C21H16F2N2O3/c22-17-7-3-6-16(20(17)23)18-12-25(21(27)28-18)19(26)9-8-14-11-24-10-13-4-1-2-5-15(13)14/h1-7,10-11,18H,8-9,12H2. The van der Waals surface area contributed by atoms with Crippen LogP contribution in [0.4, 0.5) is 13.6 Å². The summed E-state index contributed by atoms with van der Waals surface area (Å²) in [4.78, 5) is 29.7. The number of fused-ring (bicyclic) bond motifs is 1. The van der Waals surface area contributed by atoms with Crippen LogP contribution in [0.2, 0.25) is 0 Å². The molecule has 1 aliphatic rings. The molecule has 1 fully saturated rings. The third-order valence-corrected chi connectivity index (χ3v) is 4.80. The zero-order valence-corrected chi connectivity index (χ0v) is 14.8. The van der Waals surface area contributed by atoms with Gasteiger partial charge in [0.05, 0.1) is 6.54 Å². The number of ether oxygens (including phenoxy) is 1. The third kappa shape index (κ3) is 3.31. The lowest BCUT2D eigenvalue weighted by molar-refractivity contribution is -0.127. The van der Waals surface area contributed by atoms with Gasteiger partial charge in [-0.05, 0) is 23.4 Å². The lowest BCUT2D eigenvalue weighted by Crippen LogP contribution is -2.32. The summed E-state index contributed by atoms with van der Waals surface area (Å²) in [6.45, 7) is -0.147. The van der Waals surface area contributed by atoms with Crippen molar-refractivity contribution in [3.05, 3.63) is 77.6 Å². The molecule has 2 aromatic carbocycles. The minimum atomic E-state index is -1.07. The molecule has 3 aromatic rings. The van der Waals surface area contributed by atoms with Crippen molar-refractivity contribution in [3.8, 4) is 0 Å². The highest BCUT2D eigenvalue weighted by atomic mass is 19.2. The molecule has 5 nitrogen and oxygen atoms in total. The molecule has 2 amide bonds. The number of carbonyl (C=O) groups excluding carboxylic acids is 2. The molecule has 4 rings (SSSR count). The van der Waals surface area contributed by atoms with Gasteiger partial charge in [0.15, 0.2) is 11.6 Å². The van der Waals surface area contributed by atoms with E-state index in [0.717, 1.165) is 27.3 Å². The van der Waals surface area contributed by atoms with Crippen LogP contribution in [0.15, 0.2) is 54.9 Å². The average Bonchev–Trinajstić information content (AvgIpc) is 3.09. The number of hydrogen-bond donors (Lipinski definition) is 0. The molecule has 1 aromatic heterocycles. The van der Waals surface area contributed by atoms with Gasteiger partial charge >= 0.3 is 6.09 Å². The number of nitrogens with zero attached hydrogens (tertiary/aromatic N) is 2. The van der Waals surface area contributed by atoms with Crippen molar-refractivity contribution in [2.45, 2.75) is 18.9 Å². The number of amides is 2. The second-order valence-corrected chi connectivity index (χ2v) is 6.54. The summed E-state index contributed by atoms with van der Waals surface area (Å²) in [6.07, 6.45) is 2.04. The molecule has 0 radical (unpaired) electrons. The number of aromatic nitrogens is 1. The largest absolute Gasteiger partial charge is 0.439 e. The van der Waals surface area contributed by atoms with Gasteiger partial charge in [0.2, 0.25) is 5.91 Å². The quantitative estimate of drug-likeness (QED) is 0.680. The van der Waals surface area contributed by atoms with Crippen molar-refractivity contribution < 1.29 is 23.1 Å². The summed E-state index contributed by atoms with van der Waals surface area (Å²) >= 11 is 0. The van der Waals surface area contributed by atoms with Crippen molar-refractivity contribution in [2.75, 3.05) is 6.54 Å². The van der Waals surface area contributed by atoms with Gasteiger partial charge in [-0.15, -0.1) is 0 Å². The van der Waals surface area contributed by atoms with Crippen LogP contribution in [0.3, 0.4) is 0 Å². The molecule has 0 saturated carbocycles. The van der Waals surface area contributed by atoms with E-state index >= 15 is 0 Å². The summed E-state index contributed by atoms with van der Waals surface area (Å²) in [5.74, 6) is -2.53. The summed E-state index contributed by atoms with van der Waals surface area (Å²) < 4.78 is 32.5. The first-order chi connectivity index (χ1) is 13.5. The average molecular weight is 382 g/mol. The first-order valence-electron chi connectivity index (χ1n) is 8.81. The van der Waals surface area contributed by atoms with Crippen molar-refractivity contribution in [3.63, 3.8) is 0 Å². The normalized spacial score (nSPS) is 16.4. The molecule has 0 aliphatic carbocycles. The maximum Gasteiger partial charge on any atom is 0.417 e. The van der Waals surface area contributed by atoms with Crippen LogP contribution in [-0.4, -0.2) is 28.4 Å². The second kappa shape index (κ2) is 7.34. The zero-order valence-electron chi connectivity index (χ0n) is 14.8. The number of imide groups is 1. The number of rotatable bonds is 4. The zero-order chi connectivity index (χ0) is 19.7. The summed E-state index contributed by atoms with van der Waals surface area (Å²) in [6, 6.07) is 11.4. The minimum Gasteiger partial charge on any atom is -0.439 e. The Kier molecular flexibility index (Phi) is 4.73. The molecular formula is C21H16F2N2O3. The number of cyclic esters (lactones) is 1. The van der Waals surface area contributed by atoms with E-state index in [1.165, 1.54) is 12.1 Å². The fourth-order valence-electron chi connectivity index (χ4n) is 3.35. The van der Waals surface area contributed by atoms with Crippen LogP contribution in [0.5, 0.6) is 0 Å². The Balaban J connectivity index is 1.46. The highest BCUT2D eigenvalue weighted by Gasteiger charge is 2.37. The highest BCUT2D eigenvalue weighted by molar-refractivity contribution is 5.93. The first-order valence-corrected chi connectivity index (χ1v) is 8.81. The van der Waals surface area contributed by atoms with E-state index in [9.17, 15) is 18.4 Å². The van der Waals surface area contributed by atoms with Gasteiger partial charge in [-0.2, -0.15) is 0 Å². The molecule has 142 valence electrons. The number of hydrogen-bond acceptors (Lipinski definition) is 4. The van der Waals surface area contributed by atoms with Crippen molar-refractivity contribution in [2.24, 2.45) is 0 Å². The summed E-state index contributed by atoms with van der Waals surface area (Å²) in [7, 11) is 0. The molecule has 1 atom stereocenters. The highest BCUT2D eigenvalue weighted by Crippen LogP contribution is 2.29. The van der Waals surface area contributed by atoms with Gasteiger partial charge in [-0.25, -0.2) is 18.5 Å². The third-order valence-electron chi connectivity index (χ3n) is 4.80. The van der Waals surface area contributed by atoms with E-state index < -0.39 is 29.7 Å². The molecule has 0 spiro atoms. The molecule has 28 heavy (non-hydrogen) atoms. The van der Waals surface area contributed by atoms with Gasteiger partial charge in [0.1, 0.15) is 6.10 Å². The Morgan fingerprint density at radius 3 is 2.82 bits per heavy atom. The predicted molar refractivity (Wildman–Crippen MR) is 97.4 cm³/mol. The number of pyridine rings is 1. The number of carbonyl (C=O) groups is 2. The summed E-state index contributed by atoms with van der Waals surface area (Å²) in [5.41, 5.74) is 0.814. The van der Waals surface area contributed by atoms with Gasteiger partial charge in [0.25, 0.3) is 0 Å². The van der Waals surface area contributed by atoms with Crippen molar-refractivity contribution in [1.82, 2.24) is 9.88 Å². The molecule has 0 N–H and O–H groups in total. The van der Waals surface area contributed by atoms with Crippen LogP contribution in [-0.2, 0) is 16.0 Å². The van der Waals surface area contributed by atoms with Crippen LogP contribution < -0.4 is 0 Å². The first kappa shape index (κ1) is 18.0. The van der Waals surface area contributed by atoms with E-state index in [4.69, 9.17) is 4.74 Å². The fraction of sp³-hybridized carbons (Fsp3) is 0.190. The van der Waals surface area contributed by atoms with Crippen LogP contribution in [0.25, 0.3) is 10.8 Å². The molecule has 2 heterocycles. The maximum atomic E-state index is 13.9. The van der Waals surface area contributed by atoms with E-state index in [2.05, 4.69) is 4.98 Å². The van der Waals surface area contributed by atoms with Gasteiger partial charge in [-0.3, -0.25) is 9.78 Å².